The van der Waals surface area contributed by atoms with Crippen molar-refractivity contribution < 1.29 is 14.0 Å². The van der Waals surface area contributed by atoms with Crippen molar-refractivity contribution in [3.63, 3.8) is 0 Å². The molecule has 5 rings (SSSR count). The Bertz CT molecular complexity index is 1540. The molecule has 0 spiro atoms. The van der Waals surface area contributed by atoms with Gasteiger partial charge in [-0.25, -0.2) is 9.67 Å². The van der Waals surface area contributed by atoms with Crippen molar-refractivity contribution >= 4 is 28.5 Å². The van der Waals surface area contributed by atoms with Crippen LogP contribution in [0.2, 0.25) is 0 Å². The maximum absolute atomic E-state index is 13.6. The van der Waals surface area contributed by atoms with Crippen LogP contribution in [0.4, 0.5) is 5.69 Å². The van der Waals surface area contributed by atoms with Gasteiger partial charge < -0.3 is 15.1 Å². The Kier molecular flexibility index (Phi) is 6.32. The highest BCUT2D eigenvalue weighted by molar-refractivity contribution is 6.13. The van der Waals surface area contributed by atoms with Gasteiger partial charge in [0.25, 0.3) is 11.8 Å². The molecule has 0 aliphatic carbocycles. The number of benzene rings is 2. The number of carbonyl (C=O) groups excluding carboxylic acids is 2. The average Bonchev–Trinajstić information content (AvgIpc) is 3.56. The molecule has 8 heteroatoms. The molecule has 3 heterocycles. The quantitative estimate of drug-likeness (QED) is 0.340. The van der Waals surface area contributed by atoms with Crippen molar-refractivity contribution in [2.24, 2.45) is 0 Å². The molecule has 0 saturated carbocycles. The second kappa shape index (κ2) is 9.87. The minimum atomic E-state index is -0.312. The number of pyridine rings is 1. The normalized spacial score (nSPS) is 10.9. The average molecular weight is 480 g/mol. The Balaban J connectivity index is 1.57. The zero-order valence-corrected chi connectivity index (χ0v) is 20.0. The third-order valence-corrected chi connectivity index (χ3v) is 5.89. The molecule has 0 unspecified atom stereocenters. The van der Waals surface area contributed by atoms with Crippen LogP contribution < -0.4 is 10.6 Å². The molecule has 0 saturated heterocycles. The van der Waals surface area contributed by atoms with Crippen LogP contribution in [0, 0.1) is 6.92 Å². The van der Waals surface area contributed by atoms with Gasteiger partial charge in [-0.3, -0.25) is 9.59 Å². The van der Waals surface area contributed by atoms with Crippen molar-refractivity contribution in [3.05, 3.63) is 102 Å². The van der Waals surface area contributed by atoms with Gasteiger partial charge in [-0.15, -0.1) is 0 Å². The number of aryl methyl sites for hydroxylation is 1. The number of rotatable bonds is 7. The molecule has 2 amide bonds. The summed E-state index contributed by atoms with van der Waals surface area (Å²) in [5.41, 5.74) is 4.44. The van der Waals surface area contributed by atoms with Gasteiger partial charge in [0.15, 0.2) is 5.65 Å². The highest BCUT2D eigenvalue weighted by Gasteiger charge is 2.19. The van der Waals surface area contributed by atoms with Gasteiger partial charge in [0.05, 0.1) is 29.1 Å². The first-order chi connectivity index (χ1) is 17.5. The molecule has 36 heavy (non-hydrogen) atoms. The molecular weight excluding hydrogens is 454 g/mol. The topological polar surface area (TPSA) is 102 Å². The zero-order valence-electron chi connectivity index (χ0n) is 20.0. The maximum atomic E-state index is 13.6. The fourth-order valence-corrected chi connectivity index (χ4v) is 4.01. The van der Waals surface area contributed by atoms with Gasteiger partial charge in [0, 0.05) is 23.4 Å². The van der Waals surface area contributed by atoms with Crippen molar-refractivity contribution in [1.82, 2.24) is 20.1 Å². The Morgan fingerprint density at radius 3 is 2.58 bits per heavy atom. The summed E-state index contributed by atoms with van der Waals surface area (Å²) in [4.78, 5) is 30.8. The molecule has 8 nitrogen and oxygen atoms in total. The first-order valence-corrected chi connectivity index (χ1v) is 11.7. The summed E-state index contributed by atoms with van der Waals surface area (Å²) in [5.74, 6) is 0.230. The minimum Gasteiger partial charge on any atom is -0.467 e. The number of hydrogen-bond acceptors (Lipinski definition) is 5. The van der Waals surface area contributed by atoms with E-state index in [4.69, 9.17) is 9.40 Å². The van der Waals surface area contributed by atoms with Gasteiger partial charge >= 0.3 is 0 Å². The first-order valence-electron chi connectivity index (χ1n) is 11.7. The summed E-state index contributed by atoms with van der Waals surface area (Å²) in [7, 11) is 0. The molecule has 180 valence electrons. The monoisotopic (exact) mass is 479 g/mol. The number of fused-ring (bicyclic) bond motifs is 1. The number of hydrogen-bond donors (Lipinski definition) is 2. The molecule has 5 aromatic rings. The summed E-state index contributed by atoms with van der Waals surface area (Å²) in [6.07, 6.45) is 3.26. The Labute approximate surface area is 208 Å². The molecular formula is C28H25N5O3. The zero-order chi connectivity index (χ0) is 25.1. The van der Waals surface area contributed by atoms with Crippen LogP contribution in [0.5, 0.6) is 0 Å². The third-order valence-electron chi connectivity index (χ3n) is 5.89. The van der Waals surface area contributed by atoms with Crippen molar-refractivity contribution in [3.8, 4) is 11.3 Å². The Hall–Kier alpha value is -4.72. The lowest BCUT2D eigenvalue weighted by molar-refractivity contribution is 0.0954. The number of nitrogens with zero attached hydrogens (tertiary/aromatic N) is 3. The molecule has 0 aliphatic rings. The molecule has 0 aliphatic heterocycles. The predicted octanol–water partition coefficient (Wildman–Crippen LogP) is 5.05. The molecule has 0 bridgehead atoms. The largest absolute Gasteiger partial charge is 0.467 e. The number of nitrogens with one attached hydrogen (secondary N) is 2. The summed E-state index contributed by atoms with van der Waals surface area (Å²) in [6.45, 7) is 4.65. The Morgan fingerprint density at radius 2 is 1.83 bits per heavy atom. The lowest BCUT2D eigenvalue weighted by Crippen LogP contribution is -2.23. The lowest BCUT2D eigenvalue weighted by atomic mass is 10.1. The molecule has 2 N–H and O–H groups in total. The second-order valence-electron chi connectivity index (χ2n) is 8.38. The standard InChI is InChI=1S/C28H25N5O3/c1-3-29-27(34)20-12-11-18(2)24(14-20)32-28(35)22-15-25(19-8-5-4-6-9-19)31-26-23(22)16-30-33(26)17-21-10-7-13-36-21/h4-16H,3,17H2,1-2H3,(H,29,34)(H,32,35). The molecule has 0 fully saturated rings. The molecule has 0 atom stereocenters. The maximum Gasteiger partial charge on any atom is 0.256 e. The van der Waals surface area contributed by atoms with Crippen LogP contribution in [-0.4, -0.2) is 33.1 Å². The van der Waals surface area contributed by atoms with Crippen molar-refractivity contribution in [1.29, 1.82) is 0 Å². The summed E-state index contributed by atoms with van der Waals surface area (Å²) in [5, 5.41) is 10.9. The van der Waals surface area contributed by atoms with E-state index in [2.05, 4.69) is 15.7 Å². The molecule has 0 radical (unpaired) electrons. The summed E-state index contributed by atoms with van der Waals surface area (Å²) in [6, 6.07) is 20.4. The van der Waals surface area contributed by atoms with Crippen LogP contribution in [-0.2, 0) is 6.54 Å². The van der Waals surface area contributed by atoms with E-state index in [0.717, 1.165) is 16.9 Å². The highest BCUT2D eigenvalue weighted by atomic mass is 16.3. The van der Waals surface area contributed by atoms with E-state index in [-0.39, 0.29) is 11.8 Å². The van der Waals surface area contributed by atoms with Crippen LogP contribution in [0.1, 0.15) is 39.0 Å². The van der Waals surface area contributed by atoms with Crippen LogP contribution in [0.15, 0.2) is 83.6 Å². The van der Waals surface area contributed by atoms with Crippen LogP contribution in [0.25, 0.3) is 22.3 Å². The lowest BCUT2D eigenvalue weighted by Gasteiger charge is -2.12. The van der Waals surface area contributed by atoms with Gasteiger partial charge in [0.1, 0.15) is 12.3 Å². The SMILES string of the molecule is CCNC(=O)c1ccc(C)c(NC(=O)c2cc(-c3ccccc3)nc3c2cnn3Cc2ccco2)c1. The van der Waals surface area contributed by atoms with Crippen LogP contribution in [0.3, 0.4) is 0 Å². The first kappa shape index (κ1) is 23.0. The van der Waals surface area contributed by atoms with Crippen molar-refractivity contribution in [2.45, 2.75) is 20.4 Å². The van der Waals surface area contributed by atoms with E-state index in [1.54, 1.807) is 35.3 Å². The minimum absolute atomic E-state index is 0.190. The summed E-state index contributed by atoms with van der Waals surface area (Å²) < 4.78 is 7.21. The Morgan fingerprint density at radius 1 is 1.00 bits per heavy atom. The van der Waals surface area contributed by atoms with E-state index < -0.39 is 0 Å². The second-order valence-corrected chi connectivity index (χ2v) is 8.38. The van der Waals surface area contributed by atoms with E-state index in [1.807, 2.05) is 62.4 Å². The van der Waals surface area contributed by atoms with E-state index in [9.17, 15) is 9.59 Å². The third kappa shape index (κ3) is 4.61. The number of anilines is 1. The highest BCUT2D eigenvalue weighted by Crippen LogP contribution is 2.27. The van der Waals surface area contributed by atoms with Gasteiger partial charge in [0.2, 0.25) is 0 Å². The molecule has 3 aromatic heterocycles. The van der Waals surface area contributed by atoms with Gasteiger partial charge in [-0.2, -0.15) is 5.10 Å². The smallest absolute Gasteiger partial charge is 0.256 e. The van der Waals surface area contributed by atoms with Gasteiger partial charge in [-0.05, 0) is 49.7 Å². The fourth-order valence-electron chi connectivity index (χ4n) is 4.01. The fraction of sp³-hybridized carbons (Fsp3) is 0.143. The van der Waals surface area contributed by atoms with Gasteiger partial charge in [-0.1, -0.05) is 36.4 Å². The van der Waals surface area contributed by atoms with E-state index >= 15 is 0 Å². The summed E-state index contributed by atoms with van der Waals surface area (Å²) >= 11 is 0. The number of carbonyl (C=O) groups is 2. The number of furan rings is 1. The van der Waals surface area contributed by atoms with E-state index in [0.29, 0.717) is 46.6 Å². The number of aromatic nitrogens is 3. The molecule has 2 aromatic carbocycles. The van der Waals surface area contributed by atoms with Crippen molar-refractivity contribution in [2.75, 3.05) is 11.9 Å². The van der Waals surface area contributed by atoms with E-state index in [1.165, 1.54) is 0 Å². The number of amides is 2. The predicted molar refractivity (Wildman–Crippen MR) is 138 cm³/mol. The van der Waals surface area contributed by atoms with Crippen LogP contribution >= 0.6 is 0 Å².